The zero-order valence-electron chi connectivity index (χ0n) is 11.5. The van der Waals surface area contributed by atoms with Gasteiger partial charge >= 0.3 is 0 Å². The fourth-order valence-corrected chi connectivity index (χ4v) is 3.05. The van der Waals surface area contributed by atoms with Crippen molar-refractivity contribution in [2.75, 3.05) is 13.1 Å². The summed E-state index contributed by atoms with van der Waals surface area (Å²) in [6.07, 6.45) is 5.21. The molecule has 1 saturated carbocycles. The molecule has 0 radical (unpaired) electrons. The molecule has 1 nitrogen and oxygen atoms in total. The van der Waals surface area contributed by atoms with Crippen molar-refractivity contribution >= 4 is 0 Å². The van der Waals surface area contributed by atoms with Crippen LogP contribution in [0.1, 0.15) is 50.7 Å². The Morgan fingerprint density at radius 1 is 1.06 bits per heavy atom. The van der Waals surface area contributed by atoms with Gasteiger partial charge in [0.1, 0.15) is 0 Å². The van der Waals surface area contributed by atoms with Crippen LogP contribution in [0, 0.1) is 6.92 Å². The van der Waals surface area contributed by atoms with Crippen LogP contribution in [-0.4, -0.2) is 18.0 Å². The van der Waals surface area contributed by atoms with Gasteiger partial charge in [0.05, 0.1) is 0 Å². The standard InChI is InChI=1S/C16H25N/c1-4-12-17(13-5-2)16(10-11-16)15-9-7-6-8-14(15)3/h6-9H,4-5,10-13H2,1-3H3. The molecule has 0 aliphatic heterocycles. The highest BCUT2D eigenvalue weighted by atomic mass is 15.2. The molecule has 1 aliphatic rings. The third-order valence-corrected chi connectivity index (χ3v) is 3.96. The van der Waals surface area contributed by atoms with Crippen LogP contribution in [0.4, 0.5) is 0 Å². The van der Waals surface area contributed by atoms with Crippen LogP contribution in [0.25, 0.3) is 0 Å². The molecule has 0 saturated heterocycles. The average molecular weight is 231 g/mol. The number of hydrogen-bond acceptors (Lipinski definition) is 1. The molecule has 0 spiro atoms. The Hall–Kier alpha value is -0.820. The van der Waals surface area contributed by atoms with Crippen LogP contribution >= 0.6 is 0 Å². The van der Waals surface area contributed by atoms with Crippen LogP contribution in [0.3, 0.4) is 0 Å². The molecule has 0 atom stereocenters. The molecule has 0 aromatic heterocycles. The zero-order chi connectivity index (χ0) is 12.3. The Labute approximate surface area is 106 Å². The largest absolute Gasteiger partial charge is 0.294 e. The lowest BCUT2D eigenvalue weighted by Gasteiger charge is -2.33. The van der Waals surface area contributed by atoms with Gasteiger partial charge in [0.15, 0.2) is 0 Å². The monoisotopic (exact) mass is 231 g/mol. The molecular weight excluding hydrogens is 206 g/mol. The summed E-state index contributed by atoms with van der Waals surface area (Å²) in [5, 5.41) is 0. The van der Waals surface area contributed by atoms with E-state index < -0.39 is 0 Å². The second-order valence-corrected chi connectivity index (χ2v) is 5.33. The maximum atomic E-state index is 2.72. The van der Waals surface area contributed by atoms with Gasteiger partial charge in [0.2, 0.25) is 0 Å². The minimum absolute atomic E-state index is 0.386. The van der Waals surface area contributed by atoms with Gasteiger partial charge in [0, 0.05) is 5.54 Å². The van der Waals surface area contributed by atoms with Gasteiger partial charge in [-0.2, -0.15) is 0 Å². The van der Waals surface area contributed by atoms with Gasteiger partial charge in [-0.05, 0) is 56.8 Å². The average Bonchev–Trinajstić information content (AvgIpc) is 3.11. The molecule has 1 aromatic rings. The summed E-state index contributed by atoms with van der Waals surface area (Å²) >= 11 is 0. The van der Waals surface area contributed by atoms with Crippen molar-refractivity contribution in [2.45, 2.75) is 52.0 Å². The second-order valence-electron chi connectivity index (χ2n) is 5.33. The third kappa shape index (κ3) is 2.40. The van der Waals surface area contributed by atoms with Gasteiger partial charge in [-0.1, -0.05) is 38.1 Å². The van der Waals surface area contributed by atoms with Crippen molar-refractivity contribution in [1.82, 2.24) is 4.90 Å². The number of rotatable bonds is 6. The van der Waals surface area contributed by atoms with Crippen molar-refractivity contribution in [2.24, 2.45) is 0 Å². The van der Waals surface area contributed by atoms with E-state index in [0.29, 0.717) is 5.54 Å². The highest BCUT2D eigenvalue weighted by Crippen LogP contribution is 2.52. The molecule has 17 heavy (non-hydrogen) atoms. The van der Waals surface area contributed by atoms with Crippen LogP contribution in [0.5, 0.6) is 0 Å². The number of hydrogen-bond donors (Lipinski definition) is 0. The maximum absolute atomic E-state index is 2.72. The Balaban J connectivity index is 2.25. The van der Waals surface area contributed by atoms with Crippen LogP contribution in [0.15, 0.2) is 24.3 Å². The lowest BCUT2D eigenvalue weighted by Crippen LogP contribution is -2.37. The minimum Gasteiger partial charge on any atom is -0.294 e. The Kier molecular flexibility index (Phi) is 3.88. The van der Waals surface area contributed by atoms with E-state index in [0.717, 1.165) is 0 Å². The van der Waals surface area contributed by atoms with Crippen LogP contribution in [0.2, 0.25) is 0 Å². The highest BCUT2D eigenvalue weighted by Gasteiger charge is 2.49. The number of benzene rings is 1. The lowest BCUT2D eigenvalue weighted by atomic mass is 9.97. The first-order valence-electron chi connectivity index (χ1n) is 7.05. The second kappa shape index (κ2) is 5.22. The molecule has 1 heteroatoms. The quantitative estimate of drug-likeness (QED) is 0.712. The molecular formula is C16H25N. The molecule has 0 N–H and O–H groups in total. The first kappa shape index (κ1) is 12.6. The van der Waals surface area contributed by atoms with E-state index >= 15 is 0 Å². The summed E-state index contributed by atoms with van der Waals surface area (Å²) in [4.78, 5) is 2.72. The minimum atomic E-state index is 0.386. The fraction of sp³-hybridized carbons (Fsp3) is 0.625. The summed E-state index contributed by atoms with van der Waals surface area (Å²) in [6, 6.07) is 8.93. The SMILES string of the molecule is CCCN(CCC)C1(c2ccccc2C)CC1. The normalized spacial score (nSPS) is 17.4. The van der Waals surface area contributed by atoms with E-state index in [1.807, 2.05) is 0 Å². The summed E-state index contributed by atoms with van der Waals surface area (Å²) in [5.41, 5.74) is 3.42. The van der Waals surface area contributed by atoms with E-state index in [9.17, 15) is 0 Å². The van der Waals surface area contributed by atoms with Gasteiger partial charge in [-0.25, -0.2) is 0 Å². The third-order valence-electron chi connectivity index (χ3n) is 3.96. The van der Waals surface area contributed by atoms with Gasteiger partial charge in [-0.3, -0.25) is 4.90 Å². The molecule has 1 aliphatic carbocycles. The van der Waals surface area contributed by atoms with Crippen molar-refractivity contribution in [3.8, 4) is 0 Å². The van der Waals surface area contributed by atoms with Crippen molar-refractivity contribution < 1.29 is 0 Å². The van der Waals surface area contributed by atoms with Crippen molar-refractivity contribution in [3.63, 3.8) is 0 Å². The van der Waals surface area contributed by atoms with Crippen molar-refractivity contribution in [1.29, 1.82) is 0 Å². The van der Waals surface area contributed by atoms with E-state index in [1.165, 1.54) is 44.3 Å². The zero-order valence-corrected chi connectivity index (χ0v) is 11.5. The summed E-state index contributed by atoms with van der Waals surface area (Å²) in [7, 11) is 0. The first-order valence-corrected chi connectivity index (χ1v) is 7.05. The molecule has 0 amide bonds. The molecule has 0 heterocycles. The van der Waals surface area contributed by atoms with E-state index in [4.69, 9.17) is 0 Å². The topological polar surface area (TPSA) is 3.24 Å². The predicted molar refractivity (Wildman–Crippen MR) is 74.2 cm³/mol. The fourth-order valence-electron chi connectivity index (χ4n) is 3.05. The van der Waals surface area contributed by atoms with E-state index in [-0.39, 0.29) is 0 Å². The van der Waals surface area contributed by atoms with E-state index in [2.05, 4.69) is 49.9 Å². The predicted octanol–water partition coefficient (Wildman–Crippen LogP) is 4.11. The molecule has 0 unspecified atom stereocenters. The van der Waals surface area contributed by atoms with Crippen LogP contribution in [-0.2, 0) is 5.54 Å². The van der Waals surface area contributed by atoms with Crippen LogP contribution < -0.4 is 0 Å². The Morgan fingerprint density at radius 2 is 1.65 bits per heavy atom. The number of aryl methyl sites for hydroxylation is 1. The molecule has 1 aromatic carbocycles. The summed E-state index contributed by atoms with van der Waals surface area (Å²) in [5.74, 6) is 0. The molecule has 94 valence electrons. The summed E-state index contributed by atoms with van der Waals surface area (Å²) < 4.78 is 0. The molecule has 2 rings (SSSR count). The van der Waals surface area contributed by atoms with E-state index in [1.54, 1.807) is 5.56 Å². The molecule has 1 fully saturated rings. The van der Waals surface area contributed by atoms with Gasteiger partial charge in [0.25, 0.3) is 0 Å². The Bertz CT molecular complexity index is 360. The first-order chi connectivity index (χ1) is 8.24. The summed E-state index contributed by atoms with van der Waals surface area (Å²) in [6.45, 7) is 9.31. The van der Waals surface area contributed by atoms with Gasteiger partial charge in [-0.15, -0.1) is 0 Å². The van der Waals surface area contributed by atoms with Gasteiger partial charge < -0.3 is 0 Å². The van der Waals surface area contributed by atoms with Crippen molar-refractivity contribution in [3.05, 3.63) is 35.4 Å². The maximum Gasteiger partial charge on any atom is 0.0464 e. The number of nitrogens with zero attached hydrogens (tertiary/aromatic N) is 1. The molecule has 0 bridgehead atoms. The highest BCUT2D eigenvalue weighted by molar-refractivity contribution is 5.37. The lowest BCUT2D eigenvalue weighted by molar-refractivity contribution is 0.176. The Morgan fingerprint density at radius 3 is 2.12 bits per heavy atom. The smallest absolute Gasteiger partial charge is 0.0464 e.